The second kappa shape index (κ2) is 4.49. The Bertz CT molecular complexity index is 430. The minimum atomic E-state index is 0.929. The van der Waals surface area contributed by atoms with E-state index in [0.717, 1.165) is 24.5 Å². The van der Waals surface area contributed by atoms with Crippen LogP contribution in [-0.4, -0.2) is 16.7 Å². The lowest BCUT2D eigenvalue weighted by molar-refractivity contribution is 0.961. The Labute approximate surface area is 93.5 Å². The van der Waals surface area contributed by atoms with Gasteiger partial charge in [-0.25, -0.2) is 0 Å². The molecule has 2 heterocycles. The quantitative estimate of drug-likeness (QED) is 0.832. The maximum absolute atomic E-state index is 4.21. The highest BCUT2D eigenvalue weighted by atomic mass is 32.1. The molecule has 0 bridgehead atoms. The second-order valence-corrected chi connectivity index (χ2v) is 4.79. The zero-order chi connectivity index (χ0) is 10.7. The van der Waals surface area contributed by atoms with Gasteiger partial charge >= 0.3 is 0 Å². The van der Waals surface area contributed by atoms with Crippen molar-refractivity contribution in [3.05, 3.63) is 23.1 Å². The van der Waals surface area contributed by atoms with Crippen LogP contribution in [-0.2, 0) is 0 Å². The van der Waals surface area contributed by atoms with E-state index in [1.165, 1.54) is 9.75 Å². The highest BCUT2D eigenvalue weighted by Crippen LogP contribution is 2.27. The molecule has 0 fully saturated rings. The number of aromatic nitrogens is 2. The molecule has 0 atom stereocenters. The number of rotatable bonds is 4. The number of hydrogen-bond donors (Lipinski definition) is 2. The predicted octanol–water partition coefficient (Wildman–Crippen LogP) is 3.27. The van der Waals surface area contributed by atoms with Crippen LogP contribution in [0.2, 0.25) is 0 Å². The predicted molar refractivity (Wildman–Crippen MR) is 65.4 cm³/mol. The van der Waals surface area contributed by atoms with Crippen LogP contribution in [0.4, 0.5) is 5.82 Å². The number of aryl methyl sites for hydroxylation is 1. The van der Waals surface area contributed by atoms with E-state index in [0.29, 0.717) is 0 Å². The Morgan fingerprint density at radius 1 is 1.47 bits per heavy atom. The highest BCUT2D eigenvalue weighted by molar-refractivity contribution is 7.15. The van der Waals surface area contributed by atoms with Crippen molar-refractivity contribution in [2.75, 3.05) is 11.9 Å². The first-order valence-electron chi connectivity index (χ1n) is 5.15. The van der Waals surface area contributed by atoms with Gasteiger partial charge in [0.15, 0.2) is 0 Å². The van der Waals surface area contributed by atoms with E-state index in [9.17, 15) is 0 Å². The molecule has 0 saturated carbocycles. The van der Waals surface area contributed by atoms with Gasteiger partial charge in [0.1, 0.15) is 5.82 Å². The average Bonchev–Trinajstić information content (AvgIpc) is 2.83. The molecule has 2 aromatic rings. The Kier molecular flexibility index (Phi) is 3.06. The Morgan fingerprint density at radius 2 is 2.33 bits per heavy atom. The van der Waals surface area contributed by atoms with Crippen molar-refractivity contribution >= 4 is 17.2 Å². The van der Waals surface area contributed by atoms with E-state index in [-0.39, 0.29) is 0 Å². The molecule has 0 aliphatic rings. The Morgan fingerprint density at radius 3 is 3.00 bits per heavy atom. The Hall–Kier alpha value is -1.29. The fraction of sp³-hybridized carbons (Fsp3) is 0.364. The van der Waals surface area contributed by atoms with Gasteiger partial charge in [-0.3, -0.25) is 5.10 Å². The molecule has 0 aliphatic heterocycles. The molecule has 0 radical (unpaired) electrons. The standard InChI is InChI=1S/C11H15N3S/c1-3-6-12-11-7-9(13-14-11)10-5-4-8(2)15-10/h4-5,7H,3,6H2,1-2H3,(H2,12,13,14). The molecule has 2 aromatic heterocycles. The summed E-state index contributed by atoms with van der Waals surface area (Å²) in [4.78, 5) is 2.56. The lowest BCUT2D eigenvalue weighted by Gasteiger charge is -1.96. The van der Waals surface area contributed by atoms with Crippen LogP contribution in [0.15, 0.2) is 18.2 Å². The summed E-state index contributed by atoms with van der Waals surface area (Å²) < 4.78 is 0. The van der Waals surface area contributed by atoms with Crippen molar-refractivity contribution < 1.29 is 0 Å². The van der Waals surface area contributed by atoms with Gasteiger partial charge in [-0.1, -0.05) is 6.92 Å². The van der Waals surface area contributed by atoms with Crippen LogP contribution in [0, 0.1) is 6.92 Å². The zero-order valence-electron chi connectivity index (χ0n) is 9.00. The van der Waals surface area contributed by atoms with E-state index >= 15 is 0 Å². The number of nitrogens with zero attached hydrogens (tertiary/aromatic N) is 1. The van der Waals surface area contributed by atoms with Gasteiger partial charge in [0.05, 0.1) is 10.6 Å². The van der Waals surface area contributed by atoms with E-state index < -0.39 is 0 Å². The van der Waals surface area contributed by atoms with Crippen LogP contribution in [0.1, 0.15) is 18.2 Å². The molecule has 2 rings (SSSR count). The average molecular weight is 221 g/mol. The lowest BCUT2D eigenvalue weighted by atomic mass is 10.3. The summed E-state index contributed by atoms with van der Waals surface area (Å²) in [5.41, 5.74) is 1.09. The first-order valence-corrected chi connectivity index (χ1v) is 5.97. The van der Waals surface area contributed by atoms with Crippen LogP contribution >= 0.6 is 11.3 Å². The molecule has 0 unspecified atom stereocenters. The fourth-order valence-corrected chi connectivity index (χ4v) is 2.20. The summed E-state index contributed by atoms with van der Waals surface area (Å²) in [7, 11) is 0. The first-order chi connectivity index (χ1) is 7.29. The van der Waals surface area contributed by atoms with Gasteiger partial charge < -0.3 is 5.32 Å². The number of thiophene rings is 1. The second-order valence-electron chi connectivity index (χ2n) is 3.50. The van der Waals surface area contributed by atoms with Gasteiger partial charge in [0.2, 0.25) is 0 Å². The van der Waals surface area contributed by atoms with Crippen molar-refractivity contribution in [1.82, 2.24) is 10.2 Å². The number of aromatic amines is 1. The number of H-pyrrole nitrogens is 1. The molecular weight excluding hydrogens is 206 g/mol. The summed E-state index contributed by atoms with van der Waals surface area (Å²) in [6.07, 6.45) is 1.11. The molecule has 4 heteroatoms. The smallest absolute Gasteiger partial charge is 0.148 e. The summed E-state index contributed by atoms with van der Waals surface area (Å²) in [6.45, 7) is 5.22. The Balaban J connectivity index is 2.13. The summed E-state index contributed by atoms with van der Waals surface area (Å²) >= 11 is 1.78. The molecule has 3 nitrogen and oxygen atoms in total. The number of anilines is 1. The minimum Gasteiger partial charge on any atom is -0.369 e. The molecule has 0 aliphatic carbocycles. The van der Waals surface area contributed by atoms with Crippen molar-refractivity contribution in [1.29, 1.82) is 0 Å². The maximum Gasteiger partial charge on any atom is 0.148 e. The normalized spacial score (nSPS) is 10.5. The van der Waals surface area contributed by atoms with E-state index in [1.807, 2.05) is 0 Å². The minimum absolute atomic E-state index is 0.929. The highest BCUT2D eigenvalue weighted by Gasteiger charge is 2.04. The lowest BCUT2D eigenvalue weighted by Crippen LogP contribution is -1.99. The zero-order valence-corrected chi connectivity index (χ0v) is 9.82. The van der Waals surface area contributed by atoms with E-state index in [1.54, 1.807) is 11.3 Å². The molecule has 0 amide bonds. The number of hydrogen-bond acceptors (Lipinski definition) is 3. The third-order valence-electron chi connectivity index (χ3n) is 2.14. The fourth-order valence-electron chi connectivity index (χ4n) is 1.37. The SMILES string of the molecule is CCCNc1cc(-c2ccc(C)s2)[nH]n1. The van der Waals surface area contributed by atoms with Crippen LogP contribution in [0.25, 0.3) is 10.6 Å². The largest absolute Gasteiger partial charge is 0.369 e. The molecule has 2 N–H and O–H groups in total. The molecule has 0 aromatic carbocycles. The monoisotopic (exact) mass is 221 g/mol. The van der Waals surface area contributed by atoms with Crippen molar-refractivity contribution in [2.24, 2.45) is 0 Å². The van der Waals surface area contributed by atoms with Gasteiger partial charge in [0, 0.05) is 17.5 Å². The molecule has 0 saturated heterocycles. The van der Waals surface area contributed by atoms with Crippen molar-refractivity contribution in [2.45, 2.75) is 20.3 Å². The molecule has 15 heavy (non-hydrogen) atoms. The van der Waals surface area contributed by atoms with Crippen LogP contribution in [0.3, 0.4) is 0 Å². The van der Waals surface area contributed by atoms with E-state index in [2.05, 4.69) is 47.6 Å². The van der Waals surface area contributed by atoms with Crippen LogP contribution in [0.5, 0.6) is 0 Å². The van der Waals surface area contributed by atoms with E-state index in [4.69, 9.17) is 0 Å². The third-order valence-corrected chi connectivity index (χ3v) is 3.17. The van der Waals surface area contributed by atoms with Gasteiger partial charge in [0.25, 0.3) is 0 Å². The topological polar surface area (TPSA) is 40.7 Å². The number of nitrogens with one attached hydrogen (secondary N) is 2. The maximum atomic E-state index is 4.21. The van der Waals surface area contributed by atoms with Crippen LogP contribution < -0.4 is 5.32 Å². The molecule has 0 spiro atoms. The first kappa shape index (κ1) is 10.2. The van der Waals surface area contributed by atoms with Crippen molar-refractivity contribution in [3.63, 3.8) is 0 Å². The third kappa shape index (κ3) is 2.39. The van der Waals surface area contributed by atoms with Gasteiger partial charge in [-0.2, -0.15) is 5.10 Å². The summed E-state index contributed by atoms with van der Waals surface area (Å²) in [5, 5.41) is 10.5. The molecule has 80 valence electrons. The van der Waals surface area contributed by atoms with Gasteiger partial charge in [-0.05, 0) is 25.5 Å². The van der Waals surface area contributed by atoms with Gasteiger partial charge in [-0.15, -0.1) is 11.3 Å². The summed E-state index contributed by atoms with van der Waals surface area (Å²) in [5.74, 6) is 0.929. The van der Waals surface area contributed by atoms with Crippen molar-refractivity contribution in [3.8, 4) is 10.6 Å². The summed E-state index contributed by atoms with van der Waals surface area (Å²) in [6, 6.07) is 6.30. The molecular formula is C11H15N3S.